The second-order valence-corrected chi connectivity index (χ2v) is 10.7. The van der Waals surface area contributed by atoms with Crippen molar-refractivity contribution < 1.29 is 27.5 Å². The Bertz CT molecular complexity index is 1140. The number of methoxy groups -OCH3 is 2. The van der Waals surface area contributed by atoms with Crippen molar-refractivity contribution in [3.05, 3.63) is 52.5 Å². The van der Waals surface area contributed by atoms with E-state index < -0.39 is 28.5 Å². The molecule has 9 nitrogen and oxygen atoms in total. The standard InChI is InChI=1S/C24H32BrN3O6S/c1-6-12-26-24(30)17(2)27(15-18-8-7-9-19(25)13-18)23(29)16-28(35(5,31)32)20-10-11-21(33-3)22(14-20)34-4/h7-11,13-14,17H,6,12,15-16H2,1-5H3,(H,26,30). The number of anilines is 1. The number of amides is 2. The van der Waals surface area contributed by atoms with Gasteiger partial charge in [-0.2, -0.15) is 0 Å². The summed E-state index contributed by atoms with van der Waals surface area (Å²) in [5, 5.41) is 2.80. The summed E-state index contributed by atoms with van der Waals surface area (Å²) in [4.78, 5) is 27.6. The highest BCUT2D eigenvalue weighted by atomic mass is 79.9. The molecule has 0 aliphatic carbocycles. The number of halogens is 1. The van der Waals surface area contributed by atoms with Gasteiger partial charge >= 0.3 is 0 Å². The topological polar surface area (TPSA) is 105 Å². The normalized spacial score (nSPS) is 11.9. The molecule has 1 N–H and O–H groups in total. The van der Waals surface area contributed by atoms with Crippen LogP contribution in [0, 0.1) is 0 Å². The Kier molecular flexibility index (Phi) is 10.4. The Hall–Kier alpha value is -2.79. The van der Waals surface area contributed by atoms with Gasteiger partial charge in [0.05, 0.1) is 26.2 Å². The highest BCUT2D eigenvalue weighted by molar-refractivity contribution is 9.10. The van der Waals surface area contributed by atoms with Gasteiger partial charge in [-0.15, -0.1) is 0 Å². The minimum Gasteiger partial charge on any atom is -0.493 e. The van der Waals surface area contributed by atoms with E-state index in [2.05, 4.69) is 21.2 Å². The van der Waals surface area contributed by atoms with Crippen LogP contribution in [-0.4, -0.2) is 64.7 Å². The molecule has 0 aliphatic rings. The van der Waals surface area contributed by atoms with Crippen LogP contribution in [0.5, 0.6) is 11.5 Å². The van der Waals surface area contributed by atoms with Crippen molar-refractivity contribution in [1.29, 1.82) is 0 Å². The molecule has 0 bridgehead atoms. The Labute approximate surface area is 215 Å². The zero-order valence-corrected chi connectivity index (χ0v) is 23.0. The van der Waals surface area contributed by atoms with Crippen molar-refractivity contribution in [2.45, 2.75) is 32.9 Å². The molecule has 11 heteroatoms. The Balaban J connectivity index is 2.42. The largest absolute Gasteiger partial charge is 0.493 e. The molecule has 0 spiro atoms. The third-order valence-electron chi connectivity index (χ3n) is 5.29. The molecule has 1 atom stereocenters. The predicted molar refractivity (Wildman–Crippen MR) is 139 cm³/mol. The van der Waals surface area contributed by atoms with Gasteiger partial charge in [-0.25, -0.2) is 8.42 Å². The van der Waals surface area contributed by atoms with Gasteiger partial charge in [-0.3, -0.25) is 13.9 Å². The molecule has 35 heavy (non-hydrogen) atoms. The first kappa shape index (κ1) is 28.4. The summed E-state index contributed by atoms with van der Waals surface area (Å²) in [6.45, 7) is 3.67. The molecule has 0 aliphatic heterocycles. The first-order chi connectivity index (χ1) is 16.5. The maximum atomic E-state index is 13.5. The van der Waals surface area contributed by atoms with Crippen LogP contribution in [0.4, 0.5) is 5.69 Å². The van der Waals surface area contributed by atoms with Gasteiger partial charge in [0.1, 0.15) is 12.6 Å². The third-order valence-corrected chi connectivity index (χ3v) is 6.93. The maximum absolute atomic E-state index is 13.5. The lowest BCUT2D eigenvalue weighted by Crippen LogP contribution is -2.51. The molecule has 0 heterocycles. The quantitative estimate of drug-likeness (QED) is 0.421. The number of hydrogen-bond donors (Lipinski definition) is 1. The van der Waals surface area contributed by atoms with Gasteiger partial charge < -0.3 is 19.7 Å². The van der Waals surface area contributed by atoms with E-state index >= 15 is 0 Å². The summed E-state index contributed by atoms with van der Waals surface area (Å²) in [6.07, 6.45) is 1.77. The highest BCUT2D eigenvalue weighted by Gasteiger charge is 2.30. The number of benzene rings is 2. The van der Waals surface area contributed by atoms with E-state index in [1.165, 1.54) is 31.3 Å². The molecular weight excluding hydrogens is 538 g/mol. The average Bonchev–Trinajstić information content (AvgIpc) is 2.82. The van der Waals surface area contributed by atoms with E-state index in [0.717, 1.165) is 27.0 Å². The summed E-state index contributed by atoms with van der Waals surface area (Å²) in [7, 11) is -0.939. The monoisotopic (exact) mass is 569 g/mol. The summed E-state index contributed by atoms with van der Waals surface area (Å²) in [6, 6.07) is 11.1. The number of nitrogens with one attached hydrogen (secondary N) is 1. The van der Waals surface area contributed by atoms with Gasteiger partial charge in [0.2, 0.25) is 21.8 Å². The van der Waals surface area contributed by atoms with Crippen LogP contribution in [0.1, 0.15) is 25.8 Å². The first-order valence-electron chi connectivity index (χ1n) is 11.0. The number of hydrogen-bond acceptors (Lipinski definition) is 6. The number of nitrogens with zero attached hydrogens (tertiary/aromatic N) is 2. The number of ether oxygens (including phenoxy) is 2. The summed E-state index contributed by atoms with van der Waals surface area (Å²) < 4.78 is 37.7. The zero-order chi connectivity index (χ0) is 26.2. The van der Waals surface area contributed by atoms with E-state index in [1.807, 2.05) is 31.2 Å². The molecule has 2 aromatic carbocycles. The second kappa shape index (κ2) is 12.8. The number of sulfonamides is 1. The van der Waals surface area contributed by atoms with E-state index in [9.17, 15) is 18.0 Å². The minimum absolute atomic E-state index is 0.128. The lowest BCUT2D eigenvalue weighted by molar-refractivity contribution is -0.139. The van der Waals surface area contributed by atoms with Crippen molar-refractivity contribution in [3.63, 3.8) is 0 Å². The third kappa shape index (κ3) is 7.86. The molecule has 0 aromatic heterocycles. The first-order valence-corrected chi connectivity index (χ1v) is 13.7. The van der Waals surface area contributed by atoms with E-state index in [1.54, 1.807) is 13.0 Å². The van der Waals surface area contributed by atoms with Crippen molar-refractivity contribution >= 4 is 43.5 Å². The highest BCUT2D eigenvalue weighted by Crippen LogP contribution is 2.32. The molecule has 0 saturated heterocycles. The van der Waals surface area contributed by atoms with E-state index in [4.69, 9.17) is 9.47 Å². The fraction of sp³-hybridized carbons (Fsp3) is 0.417. The van der Waals surface area contributed by atoms with Gasteiger partial charge in [0, 0.05) is 23.6 Å². The smallest absolute Gasteiger partial charge is 0.244 e. The molecule has 2 amide bonds. The lowest BCUT2D eigenvalue weighted by Gasteiger charge is -2.31. The van der Waals surface area contributed by atoms with Crippen LogP contribution < -0.4 is 19.1 Å². The van der Waals surface area contributed by atoms with Crippen molar-refractivity contribution in [2.75, 3.05) is 37.9 Å². The summed E-state index contributed by atoms with van der Waals surface area (Å²) >= 11 is 3.42. The minimum atomic E-state index is -3.85. The van der Waals surface area contributed by atoms with Crippen LogP contribution in [-0.2, 0) is 26.2 Å². The molecule has 2 rings (SSSR count). The van der Waals surface area contributed by atoms with Crippen molar-refractivity contribution in [3.8, 4) is 11.5 Å². The van der Waals surface area contributed by atoms with Crippen LogP contribution in [0.15, 0.2) is 46.9 Å². The predicted octanol–water partition coefficient (Wildman–Crippen LogP) is 3.18. The van der Waals surface area contributed by atoms with E-state index in [-0.39, 0.29) is 18.1 Å². The maximum Gasteiger partial charge on any atom is 0.244 e. The average molecular weight is 571 g/mol. The van der Waals surface area contributed by atoms with Crippen LogP contribution >= 0.6 is 15.9 Å². The van der Waals surface area contributed by atoms with E-state index in [0.29, 0.717) is 18.0 Å². The fourth-order valence-electron chi connectivity index (χ4n) is 3.40. The van der Waals surface area contributed by atoms with Crippen LogP contribution in [0.2, 0.25) is 0 Å². The molecule has 192 valence electrons. The number of carbonyl (C=O) groups is 2. The molecule has 0 fully saturated rings. The Morgan fingerprint density at radius 2 is 1.77 bits per heavy atom. The van der Waals surface area contributed by atoms with Crippen molar-refractivity contribution in [1.82, 2.24) is 10.2 Å². The van der Waals surface area contributed by atoms with Crippen LogP contribution in [0.3, 0.4) is 0 Å². The Morgan fingerprint density at radius 1 is 1.09 bits per heavy atom. The SMILES string of the molecule is CCCNC(=O)C(C)N(Cc1cccc(Br)c1)C(=O)CN(c1ccc(OC)c(OC)c1)S(C)(=O)=O. The molecular formula is C24H32BrN3O6S. The molecule has 2 aromatic rings. The summed E-state index contributed by atoms with van der Waals surface area (Å²) in [5.74, 6) is -0.0884. The second-order valence-electron chi connectivity index (χ2n) is 7.93. The van der Waals surface area contributed by atoms with Crippen molar-refractivity contribution in [2.24, 2.45) is 0 Å². The fourth-order valence-corrected chi connectivity index (χ4v) is 4.69. The van der Waals surface area contributed by atoms with Gasteiger partial charge in [0.25, 0.3) is 0 Å². The number of carbonyl (C=O) groups excluding carboxylic acids is 2. The van der Waals surface area contributed by atoms with Crippen LogP contribution in [0.25, 0.3) is 0 Å². The Morgan fingerprint density at radius 3 is 2.34 bits per heavy atom. The van der Waals surface area contributed by atoms with Gasteiger partial charge in [-0.1, -0.05) is 35.0 Å². The summed E-state index contributed by atoms with van der Waals surface area (Å²) in [5.41, 5.74) is 1.03. The van der Waals surface area contributed by atoms with Gasteiger partial charge in [0.15, 0.2) is 11.5 Å². The zero-order valence-electron chi connectivity index (χ0n) is 20.6. The molecule has 0 saturated carbocycles. The molecule has 1 unspecified atom stereocenters. The number of rotatable bonds is 12. The van der Waals surface area contributed by atoms with Gasteiger partial charge in [-0.05, 0) is 43.2 Å². The lowest BCUT2D eigenvalue weighted by atomic mass is 10.1. The molecule has 0 radical (unpaired) electrons.